The highest BCUT2D eigenvalue weighted by atomic mass is 19.3. The summed E-state index contributed by atoms with van der Waals surface area (Å²) in [6, 6.07) is 5.08. The maximum absolute atomic E-state index is 12.2. The van der Waals surface area contributed by atoms with E-state index in [9.17, 15) is 23.7 Å². The Balaban J connectivity index is 2.14. The summed E-state index contributed by atoms with van der Waals surface area (Å²) in [4.78, 5) is 22.2. The minimum absolute atomic E-state index is 0.0725. The largest absolute Gasteiger partial charge is 0.487 e. The normalized spacial score (nSPS) is 10.7. The highest BCUT2D eigenvalue weighted by Crippen LogP contribution is 2.26. The lowest BCUT2D eigenvalue weighted by Crippen LogP contribution is -2.20. The van der Waals surface area contributed by atoms with Gasteiger partial charge < -0.3 is 10.1 Å². The average Bonchev–Trinajstić information content (AvgIpc) is 2.90. The van der Waals surface area contributed by atoms with Gasteiger partial charge in [-0.3, -0.25) is 19.6 Å². The Labute approximate surface area is 135 Å². The molecule has 0 spiro atoms. The van der Waals surface area contributed by atoms with Gasteiger partial charge in [-0.05, 0) is 13.0 Å². The summed E-state index contributed by atoms with van der Waals surface area (Å²) in [5, 5.41) is 17.3. The maximum atomic E-state index is 12.2. The Bertz CT molecular complexity index is 748. The summed E-state index contributed by atoms with van der Waals surface area (Å²) in [7, 11) is 0. The Hall–Kier alpha value is -3.04. The van der Waals surface area contributed by atoms with Crippen LogP contribution in [-0.4, -0.2) is 33.6 Å². The molecule has 0 unspecified atom stereocenters. The number of hydrogen-bond acceptors (Lipinski definition) is 5. The smallest absolute Gasteiger partial charge is 0.275 e. The Morgan fingerprint density at radius 2 is 2.21 bits per heavy atom. The van der Waals surface area contributed by atoms with Crippen LogP contribution in [0.4, 0.5) is 20.2 Å². The lowest BCUT2D eigenvalue weighted by molar-refractivity contribution is -0.384. The lowest BCUT2D eigenvalue weighted by Gasteiger charge is -2.10. The maximum Gasteiger partial charge on any atom is 0.275 e. The van der Waals surface area contributed by atoms with Crippen molar-refractivity contribution in [3.63, 3.8) is 0 Å². The molecule has 0 bridgehead atoms. The fourth-order valence-electron chi connectivity index (χ4n) is 1.90. The number of carbonyl (C=O) groups is 1. The van der Waals surface area contributed by atoms with Crippen molar-refractivity contribution in [3.8, 4) is 5.75 Å². The molecule has 1 aromatic heterocycles. The van der Waals surface area contributed by atoms with Crippen LogP contribution in [0.1, 0.15) is 5.69 Å². The summed E-state index contributed by atoms with van der Waals surface area (Å²) in [5.74, 6) is -0.600. The molecule has 0 radical (unpaired) electrons. The summed E-state index contributed by atoms with van der Waals surface area (Å²) >= 11 is 0. The first-order valence-corrected chi connectivity index (χ1v) is 6.84. The van der Waals surface area contributed by atoms with E-state index in [1.807, 2.05) is 0 Å². The van der Waals surface area contributed by atoms with Gasteiger partial charge in [-0.25, -0.2) is 8.78 Å². The van der Waals surface area contributed by atoms with Crippen molar-refractivity contribution < 1.29 is 23.2 Å². The standard InChI is InChI=1S/C14H14F2N4O4/c1-9-2-3-17-19(9)7-14(21)18-10-4-11(20(22)23)6-12(5-10)24-8-13(15)16/h2-6,13H,7-8H2,1H3,(H,18,21). The van der Waals surface area contributed by atoms with Gasteiger partial charge in [0.1, 0.15) is 18.9 Å². The lowest BCUT2D eigenvalue weighted by atomic mass is 10.2. The van der Waals surface area contributed by atoms with Gasteiger partial charge in [-0.2, -0.15) is 5.10 Å². The van der Waals surface area contributed by atoms with Crippen LogP contribution >= 0.6 is 0 Å². The number of aryl methyl sites for hydroxylation is 1. The van der Waals surface area contributed by atoms with Gasteiger partial charge in [0.05, 0.1) is 16.7 Å². The molecule has 10 heteroatoms. The number of carbonyl (C=O) groups excluding carboxylic acids is 1. The second-order valence-electron chi connectivity index (χ2n) is 4.85. The fraction of sp³-hybridized carbons (Fsp3) is 0.286. The van der Waals surface area contributed by atoms with E-state index in [4.69, 9.17) is 4.74 Å². The van der Waals surface area contributed by atoms with Crippen molar-refractivity contribution in [1.29, 1.82) is 0 Å². The number of ether oxygens (including phenoxy) is 1. The first-order valence-electron chi connectivity index (χ1n) is 6.84. The molecule has 0 fully saturated rings. The number of rotatable bonds is 7. The molecule has 0 aliphatic rings. The van der Waals surface area contributed by atoms with Crippen LogP contribution in [0, 0.1) is 17.0 Å². The van der Waals surface area contributed by atoms with E-state index in [0.717, 1.165) is 17.8 Å². The molecule has 8 nitrogen and oxygen atoms in total. The SMILES string of the molecule is Cc1ccnn1CC(=O)Nc1cc(OCC(F)F)cc([N+](=O)[O-])c1. The third kappa shape index (κ3) is 4.73. The second kappa shape index (κ2) is 7.49. The average molecular weight is 340 g/mol. The van der Waals surface area contributed by atoms with Crippen LogP contribution in [0.25, 0.3) is 0 Å². The monoisotopic (exact) mass is 340 g/mol. The number of aromatic nitrogens is 2. The molecule has 0 atom stereocenters. The molecule has 0 saturated carbocycles. The zero-order valence-corrected chi connectivity index (χ0v) is 12.6. The molecule has 128 valence electrons. The predicted octanol–water partition coefficient (Wildman–Crippen LogP) is 2.38. The Kier molecular flexibility index (Phi) is 5.40. The van der Waals surface area contributed by atoms with Crippen LogP contribution in [0.5, 0.6) is 5.75 Å². The minimum atomic E-state index is -2.72. The Morgan fingerprint density at radius 3 is 2.79 bits per heavy atom. The van der Waals surface area contributed by atoms with Gasteiger partial charge >= 0.3 is 0 Å². The van der Waals surface area contributed by atoms with Crippen molar-refractivity contribution in [2.24, 2.45) is 0 Å². The number of hydrogen-bond donors (Lipinski definition) is 1. The third-order valence-corrected chi connectivity index (χ3v) is 2.98. The zero-order valence-electron chi connectivity index (χ0n) is 12.6. The summed E-state index contributed by atoms with van der Waals surface area (Å²) in [6.07, 6.45) is -1.18. The van der Waals surface area contributed by atoms with Crippen molar-refractivity contribution >= 4 is 17.3 Å². The predicted molar refractivity (Wildman–Crippen MR) is 80.2 cm³/mol. The van der Waals surface area contributed by atoms with Crippen molar-refractivity contribution in [3.05, 3.63) is 46.3 Å². The van der Waals surface area contributed by atoms with Crippen LogP contribution in [0.15, 0.2) is 30.5 Å². The molecule has 0 aliphatic heterocycles. The Morgan fingerprint density at radius 1 is 1.46 bits per heavy atom. The highest BCUT2D eigenvalue weighted by Gasteiger charge is 2.14. The van der Waals surface area contributed by atoms with E-state index >= 15 is 0 Å². The van der Waals surface area contributed by atoms with E-state index in [1.54, 1.807) is 13.0 Å². The molecule has 24 heavy (non-hydrogen) atoms. The number of nitrogens with one attached hydrogen (secondary N) is 1. The molecule has 1 aromatic carbocycles. The van der Waals surface area contributed by atoms with Crippen LogP contribution in [0.2, 0.25) is 0 Å². The number of amides is 1. The number of benzene rings is 1. The van der Waals surface area contributed by atoms with Crippen LogP contribution in [0.3, 0.4) is 0 Å². The van der Waals surface area contributed by atoms with Crippen molar-refractivity contribution in [2.45, 2.75) is 19.9 Å². The molecule has 0 saturated heterocycles. The quantitative estimate of drug-likeness (QED) is 0.616. The summed E-state index contributed by atoms with van der Waals surface area (Å²) in [6.45, 7) is 0.777. The van der Waals surface area contributed by atoms with Gasteiger partial charge in [-0.15, -0.1) is 0 Å². The van der Waals surface area contributed by atoms with E-state index in [1.165, 1.54) is 16.9 Å². The number of anilines is 1. The van der Waals surface area contributed by atoms with Gasteiger partial charge in [0, 0.05) is 24.0 Å². The minimum Gasteiger partial charge on any atom is -0.487 e. The van der Waals surface area contributed by atoms with E-state index in [0.29, 0.717) is 0 Å². The van der Waals surface area contributed by atoms with Gasteiger partial charge in [0.25, 0.3) is 12.1 Å². The molecule has 1 N–H and O–H groups in total. The molecule has 0 aliphatic carbocycles. The number of alkyl halides is 2. The summed E-state index contributed by atoms with van der Waals surface area (Å²) in [5.41, 5.74) is 0.459. The molecule has 1 amide bonds. The van der Waals surface area contributed by atoms with E-state index < -0.39 is 23.9 Å². The van der Waals surface area contributed by atoms with Crippen molar-refractivity contribution in [1.82, 2.24) is 9.78 Å². The van der Waals surface area contributed by atoms with E-state index in [-0.39, 0.29) is 23.7 Å². The first kappa shape index (κ1) is 17.3. The number of nitrogens with zero attached hydrogens (tertiary/aromatic N) is 3. The zero-order chi connectivity index (χ0) is 17.7. The van der Waals surface area contributed by atoms with Gasteiger partial charge in [0.2, 0.25) is 5.91 Å². The molecule has 2 aromatic rings. The third-order valence-electron chi connectivity index (χ3n) is 2.98. The number of halogens is 2. The number of nitro benzene ring substituents is 1. The summed E-state index contributed by atoms with van der Waals surface area (Å²) < 4.78 is 30.6. The number of non-ortho nitro benzene ring substituents is 1. The van der Waals surface area contributed by atoms with Gasteiger partial charge in [-0.1, -0.05) is 0 Å². The molecule has 1 heterocycles. The fourth-order valence-corrected chi connectivity index (χ4v) is 1.90. The van der Waals surface area contributed by atoms with Gasteiger partial charge in [0.15, 0.2) is 0 Å². The number of nitro groups is 1. The molecular formula is C14H14F2N4O4. The molecule has 2 rings (SSSR count). The highest BCUT2D eigenvalue weighted by molar-refractivity contribution is 5.91. The van der Waals surface area contributed by atoms with Crippen LogP contribution in [-0.2, 0) is 11.3 Å². The van der Waals surface area contributed by atoms with E-state index in [2.05, 4.69) is 10.4 Å². The second-order valence-corrected chi connectivity index (χ2v) is 4.85. The van der Waals surface area contributed by atoms with Crippen LogP contribution < -0.4 is 10.1 Å². The first-order chi connectivity index (χ1) is 11.3. The topological polar surface area (TPSA) is 99.3 Å². The van der Waals surface area contributed by atoms with Crippen molar-refractivity contribution in [2.75, 3.05) is 11.9 Å². The molecular weight excluding hydrogens is 326 g/mol.